The molecule has 0 N–H and O–H groups in total. The van der Waals surface area contributed by atoms with Crippen LogP contribution >= 0.6 is 0 Å². The molecule has 1 fully saturated rings. The number of carbonyl (C=O) groups is 2. The Morgan fingerprint density at radius 2 is 2.38 bits per heavy atom. The molecule has 0 unspecified atom stereocenters. The summed E-state index contributed by atoms with van der Waals surface area (Å²) in [6, 6.07) is 0. The number of hydrogen-bond donors (Lipinski definition) is 0. The zero-order valence-electron chi connectivity index (χ0n) is 7.91. The van der Waals surface area contributed by atoms with Crippen molar-refractivity contribution in [1.29, 1.82) is 0 Å². The Morgan fingerprint density at radius 3 is 2.92 bits per heavy atom. The lowest BCUT2D eigenvalue weighted by molar-refractivity contribution is -0.147. The van der Waals surface area contributed by atoms with Gasteiger partial charge in [-0.15, -0.1) is 0 Å². The normalized spacial score (nSPS) is 27.1. The fourth-order valence-corrected chi connectivity index (χ4v) is 1.54. The molecule has 0 amide bonds. The maximum absolute atomic E-state index is 11.2. The highest BCUT2D eigenvalue weighted by Gasteiger charge is 2.39. The van der Waals surface area contributed by atoms with Gasteiger partial charge in [0.05, 0.1) is 13.5 Å². The lowest BCUT2D eigenvalue weighted by Gasteiger charge is -2.13. The van der Waals surface area contributed by atoms with Crippen molar-refractivity contribution in [3.63, 3.8) is 0 Å². The molecule has 0 aromatic carbocycles. The van der Waals surface area contributed by atoms with Crippen LogP contribution in [0.5, 0.6) is 0 Å². The van der Waals surface area contributed by atoms with Crippen molar-refractivity contribution < 1.29 is 19.1 Å². The number of hydrogen-bond acceptors (Lipinski definition) is 4. The third-order valence-electron chi connectivity index (χ3n) is 2.20. The minimum atomic E-state index is -0.391. The first-order valence-corrected chi connectivity index (χ1v) is 4.46. The zero-order valence-corrected chi connectivity index (χ0v) is 7.91. The van der Waals surface area contributed by atoms with Gasteiger partial charge in [-0.25, -0.2) is 0 Å². The van der Waals surface area contributed by atoms with Gasteiger partial charge < -0.3 is 9.47 Å². The van der Waals surface area contributed by atoms with E-state index in [-0.39, 0.29) is 24.5 Å². The van der Waals surface area contributed by atoms with Gasteiger partial charge in [0.1, 0.15) is 12.0 Å². The summed E-state index contributed by atoms with van der Waals surface area (Å²) in [5, 5.41) is 0. The number of ether oxygens (including phenoxy) is 2. The smallest absolute Gasteiger partial charge is 0.313 e. The molecule has 4 heteroatoms. The minimum absolute atomic E-state index is 0.164. The number of cyclic esters (lactones) is 1. The van der Waals surface area contributed by atoms with E-state index in [2.05, 4.69) is 4.74 Å². The average molecular weight is 186 g/mol. The second kappa shape index (κ2) is 4.25. The van der Waals surface area contributed by atoms with Gasteiger partial charge in [0, 0.05) is 0 Å². The van der Waals surface area contributed by atoms with E-state index in [9.17, 15) is 9.59 Å². The number of esters is 2. The summed E-state index contributed by atoms with van der Waals surface area (Å²) < 4.78 is 9.59. The summed E-state index contributed by atoms with van der Waals surface area (Å²) in [6.07, 6.45) is 1.51. The first-order chi connectivity index (χ1) is 6.19. The van der Waals surface area contributed by atoms with Gasteiger partial charge in [-0.1, -0.05) is 13.3 Å². The van der Waals surface area contributed by atoms with Crippen LogP contribution in [-0.2, 0) is 19.1 Å². The molecule has 0 spiro atoms. The molecule has 0 radical (unpaired) electrons. The van der Waals surface area contributed by atoms with Gasteiger partial charge in [0.15, 0.2) is 0 Å². The molecule has 0 saturated carbocycles. The van der Waals surface area contributed by atoms with Crippen molar-refractivity contribution in [2.75, 3.05) is 7.11 Å². The molecular formula is C9H14O4. The topological polar surface area (TPSA) is 52.6 Å². The summed E-state index contributed by atoms with van der Waals surface area (Å²) in [6.45, 7) is 1.99. The van der Waals surface area contributed by atoms with Crippen molar-refractivity contribution in [2.24, 2.45) is 5.92 Å². The van der Waals surface area contributed by atoms with Crippen LogP contribution in [0, 0.1) is 5.92 Å². The van der Waals surface area contributed by atoms with E-state index in [1.165, 1.54) is 7.11 Å². The molecule has 0 aromatic heterocycles. The first-order valence-electron chi connectivity index (χ1n) is 4.46. The Labute approximate surface area is 77.2 Å². The highest BCUT2D eigenvalue weighted by atomic mass is 16.6. The lowest BCUT2D eigenvalue weighted by Crippen LogP contribution is -2.25. The third kappa shape index (κ3) is 2.20. The van der Waals surface area contributed by atoms with Crippen LogP contribution in [0.3, 0.4) is 0 Å². The predicted octanol–water partition coefficient (Wildman–Crippen LogP) is 0.891. The molecular weight excluding hydrogens is 172 g/mol. The average Bonchev–Trinajstić information content (AvgIpc) is 2.46. The second-order valence-electron chi connectivity index (χ2n) is 3.15. The van der Waals surface area contributed by atoms with Crippen LogP contribution < -0.4 is 0 Å². The van der Waals surface area contributed by atoms with Crippen molar-refractivity contribution in [2.45, 2.75) is 32.3 Å². The third-order valence-corrected chi connectivity index (χ3v) is 2.20. The van der Waals surface area contributed by atoms with E-state index in [1.807, 2.05) is 6.92 Å². The second-order valence-corrected chi connectivity index (χ2v) is 3.15. The van der Waals surface area contributed by atoms with Crippen LogP contribution in [0.1, 0.15) is 26.2 Å². The van der Waals surface area contributed by atoms with Crippen LogP contribution in [-0.4, -0.2) is 25.2 Å². The van der Waals surface area contributed by atoms with E-state index >= 15 is 0 Å². The number of methoxy groups -OCH3 is 1. The fourth-order valence-electron chi connectivity index (χ4n) is 1.54. The summed E-state index contributed by atoms with van der Waals surface area (Å²) in [7, 11) is 1.33. The molecule has 0 aromatic rings. The summed E-state index contributed by atoms with van der Waals surface area (Å²) in [4.78, 5) is 22.1. The summed E-state index contributed by atoms with van der Waals surface area (Å²) in [5.74, 6) is -1.03. The molecule has 74 valence electrons. The molecule has 0 aliphatic carbocycles. The van der Waals surface area contributed by atoms with Gasteiger partial charge in [-0.05, 0) is 6.42 Å². The van der Waals surface area contributed by atoms with Crippen molar-refractivity contribution in [3.8, 4) is 0 Å². The van der Waals surface area contributed by atoms with Crippen LogP contribution in [0.25, 0.3) is 0 Å². The van der Waals surface area contributed by atoms with Gasteiger partial charge in [-0.2, -0.15) is 0 Å². The van der Waals surface area contributed by atoms with Crippen molar-refractivity contribution in [3.05, 3.63) is 0 Å². The molecule has 4 nitrogen and oxygen atoms in total. The molecule has 1 aliphatic rings. The van der Waals surface area contributed by atoms with E-state index < -0.39 is 5.92 Å². The maximum Gasteiger partial charge on any atom is 0.313 e. The predicted molar refractivity (Wildman–Crippen MR) is 44.9 cm³/mol. The quantitative estimate of drug-likeness (QED) is 0.614. The van der Waals surface area contributed by atoms with Gasteiger partial charge in [0.25, 0.3) is 0 Å². The Hall–Kier alpha value is -1.06. The Balaban J connectivity index is 2.60. The molecule has 2 atom stereocenters. The van der Waals surface area contributed by atoms with Crippen LogP contribution in [0.4, 0.5) is 0 Å². The molecule has 1 aliphatic heterocycles. The molecule has 0 bridgehead atoms. The SMILES string of the molecule is CCC[C@H]1OC(=O)C[C@H]1C(=O)OC. The Morgan fingerprint density at radius 1 is 1.69 bits per heavy atom. The van der Waals surface area contributed by atoms with E-state index in [0.717, 1.165) is 12.8 Å². The largest absolute Gasteiger partial charge is 0.469 e. The van der Waals surface area contributed by atoms with E-state index in [0.29, 0.717) is 0 Å². The van der Waals surface area contributed by atoms with E-state index in [4.69, 9.17) is 4.74 Å². The lowest BCUT2D eigenvalue weighted by atomic mass is 9.98. The molecule has 1 saturated heterocycles. The molecule has 1 rings (SSSR count). The summed E-state index contributed by atoms with van der Waals surface area (Å²) >= 11 is 0. The fraction of sp³-hybridized carbons (Fsp3) is 0.778. The number of rotatable bonds is 3. The standard InChI is InChI=1S/C9H14O4/c1-3-4-7-6(9(11)12-2)5-8(10)13-7/h6-7H,3-5H2,1-2H3/t6-,7-/m1/s1. The van der Waals surface area contributed by atoms with E-state index in [1.54, 1.807) is 0 Å². The molecule has 13 heavy (non-hydrogen) atoms. The Kier molecular flexibility index (Phi) is 3.28. The maximum atomic E-state index is 11.2. The Bertz CT molecular complexity index is 212. The van der Waals surface area contributed by atoms with Gasteiger partial charge in [-0.3, -0.25) is 9.59 Å². The minimum Gasteiger partial charge on any atom is -0.469 e. The van der Waals surface area contributed by atoms with Crippen LogP contribution in [0.2, 0.25) is 0 Å². The highest BCUT2D eigenvalue weighted by molar-refractivity contribution is 5.83. The zero-order chi connectivity index (χ0) is 9.84. The van der Waals surface area contributed by atoms with Gasteiger partial charge in [0.2, 0.25) is 0 Å². The van der Waals surface area contributed by atoms with Gasteiger partial charge >= 0.3 is 11.9 Å². The molecule has 1 heterocycles. The summed E-state index contributed by atoms with van der Waals surface area (Å²) in [5.41, 5.74) is 0. The van der Waals surface area contributed by atoms with Crippen LogP contribution in [0.15, 0.2) is 0 Å². The van der Waals surface area contributed by atoms with Crippen molar-refractivity contribution in [1.82, 2.24) is 0 Å². The van der Waals surface area contributed by atoms with Crippen molar-refractivity contribution >= 4 is 11.9 Å². The number of carbonyl (C=O) groups excluding carboxylic acids is 2. The first kappa shape index (κ1) is 10.0. The monoisotopic (exact) mass is 186 g/mol. The highest BCUT2D eigenvalue weighted by Crippen LogP contribution is 2.26.